The molecule has 3 aromatic heterocycles. The molecule has 0 aliphatic heterocycles. The van der Waals surface area contributed by atoms with Gasteiger partial charge in [-0.3, -0.25) is 9.59 Å². The minimum Gasteiger partial charge on any atom is -0.481 e. The molecule has 25 heavy (non-hydrogen) atoms. The smallest absolute Gasteiger partial charge is 0.309 e. The summed E-state index contributed by atoms with van der Waals surface area (Å²) < 4.78 is 1.25. The van der Waals surface area contributed by atoms with E-state index >= 15 is 0 Å². The van der Waals surface area contributed by atoms with E-state index in [9.17, 15) is 9.59 Å². The maximum absolute atomic E-state index is 12.6. The van der Waals surface area contributed by atoms with Crippen LogP contribution in [0.5, 0.6) is 0 Å². The van der Waals surface area contributed by atoms with Crippen molar-refractivity contribution in [1.29, 1.82) is 0 Å². The predicted octanol–water partition coefficient (Wildman–Crippen LogP) is 1.28. The van der Waals surface area contributed by atoms with Crippen molar-refractivity contribution in [2.45, 2.75) is 25.8 Å². The number of carbonyl (C=O) groups is 1. The molecule has 1 aliphatic rings. The molecule has 0 saturated heterocycles. The van der Waals surface area contributed by atoms with Gasteiger partial charge in [-0.05, 0) is 18.9 Å². The Labute approximate surface area is 145 Å². The molecule has 1 N–H and O–H groups in total. The summed E-state index contributed by atoms with van der Waals surface area (Å²) in [4.78, 5) is 37.4. The van der Waals surface area contributed by atoms with Crippen LogP contribution in [0.2, 0.25) is 0 Å². The first-order valence-electron chi connectivity index (χ1n) is 7.68. The fourth-order valence-corrected chi connectivity index (χ4v) is 3.84. The molecule has 126 valence electrons. The summed E-state index contributed by atoms with van der Waals surface area (Å²) in [6.45, 7) is 0.196. The standard InChI is InChI=1S/C16H13N5O3S/c22-14(23)5-11-15-9(6-17-8-18-15)16(24)21(20-11)7-13-19-10-3-1-2-4-12(10)25-13/h1,3,6,8H,2,4-5,7H2,(H,22,23). The fourth-order valence-electron chi connectivity index (χ4n) is 2.79. The van der Waals surface area contributed by atoms with Crippen LogP contribution in [0.1, 0.15) is 27.7 Å². The number of allylic oxidation sites excluding steroid dienone is 1. The Kier molecular flexibility index (Phi) is 3.85. The topological polar surface area (TPSA) is 111 Å². The highest BCUT2D eigenvalue weighted by Crippen LogP contribution is 2.25. The number of hydrogen-bond donors (Lipinski definition) is 1. The molecule has 1 aliphatic carbocycles. The number of aliphatic carboxylic acids is 1. The molecule has 0 radical (unpaired) electrons. The van der Waals surface area contributed by atoms with Crippen molar-refractivity contribution >= 4 is 34.3 Å². The highest BCUT2D eigenvalue weighted by Gasteiger charge is 2.17. The number of carboxylic acid groups (broad SMARTS) is 1. The minimum atomic E-state index is -1.03. The molecule has 8 nitrogen and oxygen atoms in total. The summed E-state index contributed by atoms with van der Waals surface area (Å²) in [6, 6.07) is 0. The third-order valence-corrected chi connectivity index (χ3v) is 5.00. The number of aryl methyl sites for hydroxylation is 1. The number of fused-ring (bicyclic) bond motifs is 2. The molecule has 3 heterocycles. The lowest BCUT2D eigenvalue weighted by molar-refractivity contribution is -0.136. The molecule has 0 saturated carbocycles. The van der Waals surface area contributed by atoms with Gasteiger partial charge in [-0.25, -0.2) is 19.6 Å². The predicted molar refractivity (Wildman–Crippen MR) is 91.5 cm³/mol. The summed E-state index contributed by atoms with van der Waals surface area (Å²) in [5.41, 5.74) is 1.10. The first-order valence-corrected chi connectivity index (χ1v) is 8.50. The Balaban J connectivity index is 1.80. The van der Waals surface area contributed by atoms with Crippen LogP contribution in [-0.4, -0.2) is 35.8 Å². The zero-order valence-electron chi connectivity index (χ0n) is 13.0. The second-order valence-corrected chi connectivity index (χ2v) is 6.79. The zero-order valence-corrected chi connectivity index (χ0v) is 13.9. The lowest BCUT2D eigenvalue weighted by atomic mass is 10.1. The monoisotopic (exact) mass is 355 g/mol. The molecule has 0 amide bonds. The van der Waals surface area contributed by atoms with Gasteiger partial charge in [0.2, 0.25) is 0 Å². The van der Waals surface area contributed by atoms with Crippen LogP contribution >= 0.6 is 11.3 Å². The molecule has 0 aromatic carbocycles. The van der Waals surface area contributed by atoms with E-state index in [2.05, 4.69) is 26.1 Å². The lowest BCUT2D eigenvalue weighted by Gasteiger charge is -2.07. The van der Waals surface area contributed by atoms with Crippen LogP contribution < -0.4 is 5.56 Å². The molecule has 0 bridgehead atoms. The van der Waals surface area contributed by atoms with Gasteiger partial charge < -0.3 is 5.11 Å². The highest BCUT2D eigenvalue weighted by atomic mass is 32.1. The SMILES string of the molecule is O=C(O)Cc1nn(Cc2nc3c(s2)CCC=C3)c(=O)c2cncnc12. The minimum absolute atomic E-state index is 0.196. The third-order valence-electron chi connectivity index (χ3n) is 3.88. The van der Waals surface area contributed by atoms with Crippen molar-refractivity contribution in [3.05, 3.63) is 50.2 Å². The van der Waals surface area contributed by atoms with Crippen LogP contribution in [0.15, 0.2) is 23.4 Å². The van der Waals surface area contributed by atoms with Gasteiger partial charge in [0, 0.05) is 11.1 Å². The number of thiazole rings is 1. The van der Waals surface area contributed by atoms with E-state index in [0.717, 1.165) is 23.5 Å². The van der Waals surface area contributed by atoms with Crippen molar-refractivity contribution in [3.8, 4) is 0 Å². The van der Waals surface area contributed by atoms with Crippen molar-refractivity contribution in [2.75, 3.05) is 0 Å². The van der Waals surface area contributed by atoms with Crippen molar-refractivity contribution in [2.24, 2.45) is 0 Å². The second-order valence-electron chi connectivity index (χ2n) is 5.62. The van der Waals surface area contributed by atoms with E-state index < -0.39 is 5.97 Å². The van der Waals surface area contributed by atoms with Crippen LogP contribution in [0.4, 0.5) is 0 Å². The lowest BCUT2D eigenvalue weighted by Crippen LogP contribution is -2.26. The summed E-state index contributed by atoms with van der Waals surface area (Å²) in [5, 5.41) is 14.3. The fraction of sp³-hybridized carbons (Fsp3) is 0.250. The van der Waals surface area contributed by atoms with Gasteiger partial charge >= 0.3 is 5.97 Å². The van der Waals surface area contributed by atoms with E-state index in [1.165, 1.54) is 22.1 Å². The third kappa shape index (κ3) is 2.93. The van der Waals surface area contributed by atoms with Crippen LogP contribution in [-0.2, 0) is 24.2 Å². The Hall–Kier alpha value is -2.94. The molecule has 0 atom stereocenters. The van der Waals surface area contributed by atoms with Gasteiger partial charge in [-0.1, -0.05) is 6.08 Å². The number of nitrogens with zero attached hydrogens (tertiary/aromatic N) is 5. The van der Waals surface area contributed by atoms with Gasteiger partial charge in [-0.2, -0.15) is 5.10 Å². The Bertz CT molecular complexity index is 1070. The van der Waals surface area contributed by atoms with Gasteiger partial charge in [0.25, 0.3) is 5.56 Å². The van der Waals surface area contributed by atoms with Crippen LogP contribution in [0.25, 0.3) is 17.0 Å². The summed E-state index contributed by atoms with van der Waals surface area (Å²) in [7, 11) is 0. The van der Waals surface area contributed by atoms with Crippen LogP contribution in [0, 0.1) is 0 Å². The average Bonchev–Trinajstić information content (AvgIpc) is 3.01. The Morgan fingerprint density at radius 1 is 1.40 bits per heavy atom. The quantitative estimate of drug-likeness (QED) is 0.750. The van der Waals surface area contributed by atoms with E-state index in [1.807, 2.05) is 6.08 Å². The first-order chi connectivity index (χ1) is 12.1. The average molecular weight is 355 g/mol. The van der Waals surface area contributed by atoms with Crippen molar-refractivity contribution in [1.82, 2.24) is 24.7 Å². The Morgan fingerprint density at radius 3 is 3.08 bits per heavy atom. The maximum atomic E-state index is 12.6. The molecular formula is C16H13N5O3S. The largest absolute Gasteiger partial charge is 0.481 e. The van der Waals surface area contributed by atoms with Crippen molar-refractivity contribution in [3.63, 3.8) is 0 Å². The summed E-state index contributed by atoms with van der Waals surface area (Å²) >= 11 is 1.55. The number of carboxylic acids is 1. The molecule has 9 heteroatoms. The first kappa shape index (κ1) is 15.6. The van der Waals surface area contributed by atoms with Gasteiger partial charge in [-0.15, -0.1) is 11.3 Å². The molecule has 3 aromatic rings. The van der Waals surface area contributed by atoms with Gasteiger partial charge in [0.1, 0.15) is 16.9 Å². The van der Waals surface area contributed by atoms with E-state index in [4.69, 9.17) is 5.11 Å². The Morgan fingerprint density at radius 2 is 2.28 bits per heavy atom. The van der Waals surface area contributed by atoms with Crippen LogP contribution in [0.3, 0.4) is 0 Å². The molecule has 0 spiro atoms. The zero-order chi connectivity index (χ0) is 17.4. The highest BCUT2D eigenvalue weighted by molar-refractivity contribution is 7.11. The summed E-state index contributed by atoms with van der Waals surface area (Å²) in [5.74, 6) is -1.03. The van der Waals surface area contributed by atoms with Crippen molar-refractivity contribution < 1.29 is 9.90 Å². The normalized spacial score (nSPS) is 13.1. The maximum Gasteiger partial charge on any atom is 0.309 e. The van der Waals surface area contributed by atoms with E-state index in [1.54, 1.807) is 11.3 Å². The number of rotatable bonds is 4. The van der Waals surface area contributed by atoms with Gasteiger partial charge in [0.05, 0.1) is 29.7 Å². The molecule has 4 rings (SSSR count). The number of aromatic nitrogens is 5. The second kappa shape index (κ2) is 6.17. The molecule has 0 unspecified atom stereocenters. The van der Waals surface area contributed by atoms with Gasteiger partial charge in [0.15, 0.2) is 0 Å². The summed E-state index contributed by atoms with van der Waals surface area (Å²) in [6.07, 6.45) is 8.35. The van der Waals surface area contributed by atoms with E-state index in [-0.39, 0.29) is 35.1 Å². The molecule has 0 fully saturated rings. The van der Waals surface area contributed by atoms with E-state index in [0.29, 0.717) is 0 Å². The molecular weight excluding hydrogens is 342 g/mol. The number of hydrogen-bond acceptors (Lipinski definition) is 7.